The summed E-state index contributed by atoms with van der Waals surface area (Å²) in [5, 5.41) is 12.5. The molecule has 0 spiro atoms. The maximum atomic E-state index is 13.2. The van der Waals surface area contributed by atoms with Crippen LogP contribution in [0.4, 0.5) is 10.1 Å². The van der Waals surface area contributed by atoms with Crippen LogP contribution in [-0.4, -0.2) is 51.3 Å². The van der Waals surface area contributed by atoms with Crippen LogP contribution in [0.15, 0.2) is 54.6 Å². The van der Waals surface area contributed by atoms with Crippen molar-refractivity contribution >= 4 is 5.69 Å². The lowest BCUT2D eigenvalue weighted by Crippen LogP contribution is -2.48. The maximum Gasteiger partial charge on any atom is 0.168 e. The third kappa shape index (κ3) is 4.04. The highest BCUT2D eigenvalue weighted by molar-refractivity contribution is 5.46. The normalized spacial score (nSPS) is 16.3. The molecule has 2 aromatic carbocycles. The molecule has 6 nitrogen and oxygen atoms in total. The molecule has 1 aromatic heterocycles. The van der Waals surface area contributed by atoms with Gasteiger partial charge in [0.2, 0.25) is 0 Å². The summed E-state index contributed by atoms with van der Waals surface area (Å²) in [5.74, 6) is 0.722. The number of tetrazole rings is 1. The summed E-state index contributed by atoms with van der Waals surface area (Å²) < 4.78 is 15.1. The maximum absolute atomic E-state index is 13.2. The first kappa shape index (κ1) is 18.6. The average molecular weight is 380 g/mol. The van der Waals surface area contributed by atoms with Crippen molar-refractivity contribution in [3.8, 4) is 0 Å². The molecule has 1 aliphatic rings. The lowest BCUT2D eigenvalue weighted by Gasteiger charge is -2.39. The molecule has 1 fully saturated rings. The third-order valence-electron chi connectivity index (χ3n) is 5.37. The van der Waals surface area contributed by atoms with Crippen LogP contribution in [0.3, 0.4) is 0 Å². The molecule has 0 aliphatic carbocycles. The zero-order valence-corrected chi connectivity index (χ0v) is 16.1. The molecule has 1 unspecified atom stereocenters. The molecule has 1 atom stereocenters. The predicted octanol–water partition coefficient (Wildman–Crippen LogP) is 3.13. The molecule has 1 saturated heterocycles. The van der Waals surface area contributed by atoms with E-state index in [9.17, 15) is 4.39 Å². The van der Waals surface area contributed by atoms with Crippen LogP contribution < -0.4 is 4.90 Å². The first-order chi connectivity index (χ1) is 13.7. The Morgan fingerprint density at radius 2 is 1.68 bits per heavy atom. The van der Waals surface area contributed by atoms with Gasteiger partial charge in [-0.05, 0) is 46.7 Å². The Hall–Kier alpha value is -2.80. The van der Waals surface area contributed by atoms with Crippen molar-refractivity contribution in [2.45, 2.75) is 25.9 Å². The van der Waals surface area contributed by atoms with Crippen LogP contribution in [0.5, 0.6) is 0 Å². The summed E-state index contributed by atoms with van der Waals surface area (Å²) in [6.07, 6.45) is 0.950. The van der Waals surface area contributed by atoms with Crippen molar-refractivity contribution in [2.24, 2.45) is 0 Å². The van der Waals surface area contributed by atoms with Crippen molar-refractivity contribution in [3.05, 3.63) is 71.8 Å². The van der Waals surface area contributed by atoms with Gasteiger partial charge in [0.25, 0.3) is 0 Å². The molecule has 0 bridgehead atoms. The van der Waals surface area contributed by atoms with Crippen molar-refractivity contribution in [1.29, 1.82) is 0 Å². The Morgan fingerprint density at radius 3 is 2.36 bits per heavy atom. The summed E-state index contributed by atoms with van der Waals surface area (Å²) in [6, 6.07) is 17.2. The molecular formula is C21H25FN6. The minimum Gasteiger partial charge on any atom is -0.369 e. The molecule has 28 heavy (non-hydrogen) atoms. The Bertz CT molecular complexity index is 871. The van der Waals surface area contributed by atoms with Gasteiger partial charge in [0.05, 0.1) is 12.6 Å². The highest BCUT2D eigenvalue weighted by atomic mass is 19.1. The molecule has 7 heteroatoms. The van der Waals surface area contributed by atoms with Crippen molar-refractivity contribution < 1.29 is 4.39 Å². The van der Waals surface area contributed by atoms with E-state index < -0.39 is 0 Å². The number of rotatable bonds is 6. The second kappa shape index (κ2) is 8.48. The smallest absolute Gasteiger partial charge is 0.168 e. The molecule has 0 radical (unpaired) electrons. The van der Waals surface area contributed by atoms with Crippen LogP contribution in [0, 0.1) is 5.82 Å². The molecule has 0 saturated carbocycles. The van der Waals surface area contributed by atoms with E-state index in [1.54, 1.807) is 0 Å². The van der Waals surface area contributed by atoms with Gasteiger partial charge in [-0.2, -0.15) is 0 Å². The quantitative estimate of drug-likeness (QED) is 0.658. The van der Waals surface area contributed by atoms with E-state index in [0.717, 1.165) is 44.1 Å². The van der Waals surface area contributed by atoms with Crippen molar-refractivity contribution in [2.75, 3.05) is 31.1 Å². The Morgan fingerprint density at radius 1 is 0.964 bits per heavy atom. The molecule has 3 aromatic rings. The van der Waals surface area contributed by atoms with Crippen LogP contribution in [0.2, 0.25) is 0 Å². The first-order valence-corrected chi connectivity index (χ1v) is 9.79. The Kier molecular flexibility index (Phi) is 5.62. The van der Waals surface area contributed by atoms with Crippen LogP contribution in [0.25, 0.3) is 0 Å². The third-order valence-corrected chi connectivity index (χ3v) is 5.37. The lowest BCUT2D eigenvalue weighted by atomic mass is 10.1. The Labute approximate surface area is 164 Å². The zero-order valence-electron chi connectivity index (χ0n) is 16.1. The van der Waals surface area contributed by atoms with Gasteiger partial charge in [0, 0.05) is 31.9 Å². The number of hydrogen-bond donors (Lipinski definition) is 0. The fraction of sp³-hybridized carbons (Fsp3) is 0.381. The minimum absolute atomic E-state index is 0.189. The number of nitrogens with zero attached hydrogens (tertiary/aromatic N) is 6. The van der Waals surface area contributed by atoms with Gasteiger partial charge in [-0.15, -0.1) is 5.10 Å². The summed E-state index contributed by atoms with van der Waals surface area (Å²) in [7, 11) is 0. The van der Waals surface area contributed by atoms with Gasteiger partial charge in [0.1, 0.15) is 5.82 Å². The van der Waals surface area contributed by atoms with E-state index in [-0.39, 0.29) is 11.9 Å². The fourth-order valence-electron chi connectivity index (χ4n) is 3.87. The molecule has 2 heterocycles. The summed E-state index contributed by atoms with van der Waals surface area (Å²) in [6.45, 7) is 6.51. The standard InChI is InChI=1S/C21H25FN6/c1-2-20(21-23-24-25-28(21)16-17-6-4-3-5-7-17)27-14-12-26(13-15-27)19-10-8-18(22)9-11-19/h3-11,20H,2,12-16H2,1H3. The molecule has 4 rings (SSSR count). The van der Waals surface area contributed by atoms with E-state index in [0.29, 0.717) is 6.54 Å². The molecule has 1 aliphatic heterocycles. The molecule has 0 amide bonds. The summed E-state index contributed by atoms with van der Waals surface area (Å²) in [4.78, 5) is 4.75. The number of benzene rings is 2. The van der Waals surface area contributed by atoms with Gasteiger partial charge in [-0.3, -0.25) is 4.90 Å². The second-order valence-electron chi connectivity index (χ2n) is 7.10. The van der Waals surface area contributed by atoms with Crippen LogP contribution in [0.1, 0.15) is 30.8 Å². The van der Waals surface area contributed by atoms with Crippen LogP contribution in [-0.2, 0) is 6.54 Å². The number of piperazine rings is 1. The minimum atomic E-state index is -0.196. The van der Waals surface area contributed by atoms with Gasteiger partial charge in [0.15, 0.2) is 5.82 Å². The number of aromatic nitrogens is 4. The second-order valence-corrected chi connectivity index (χ2v) is 7.10. The van der Waals surface area contributed by atoms with E-state index in [2.05, 4.69) is 44.4 Å². The van der Waals surface area contributed by atoms with Crippen molar-refractivity contribution in [3.63, 3.8) is 0 Å². The molecular weight excluding hydrogens is 355 g/mol. The topological polar surface area (TPSA) is 50.1 Å². The number of halogens is 1. The van der Waals surface area contributed by atoms with E-state index in [1.807, 2.05) is 35.0 Å². The van der Waals surface area contributed by atoms with Gasteiger partial charge in [-0.25, -0.2) is 9.07 Å². The summed E-state index contributed by atoms with van der Waals surface area (Å²) >= 11 is 0. The number of anilines is 1. The zero-order chi connectivity index (χ0) is 19.3. The number of hydrogen-bond acceptors (Lipinski definition) is 5. The van der Waals surface area contributed by atoms with E-state index in [4.69, 9.17) is 0 Å². The van der Waals surface area contributed by atoms with Crippen molar-refractivity contribution in [1.82, 2.24) is 25.1 Å². The Balaban J connectivity index is 1.44. The van der Waals surface area contributed by atoms with Crippen LogP contribution >= 0.6 is 0 Å². The van der Waals surface area contributed by atoms with Gasteiger partial charge >= 0.3 is 0 Å². The highest BCUT2D eigenvalue weighted by Crippen LogP contribution is 2.25. The SMILES string of the molecule is CCC(c1nnnn1Cc1ccccc1)N1CCN(c2ccc(F)cc2)CC1. The average Bonchev–Trinajstić information content (AvgIpc) is 3.18. The van der Waals surface area contributed by atoms with E-state index >= 15 is 0 Å². The molecule has 146 valence electrons. The fourth-order valence-corrected chi connectivity index (χ4v) is 3.87. The lowest BCUT2D eigenvalue weighted by molar-refractivity contribution is 0.169. The van der Waals surface area contributed by atoms with Gasteiger partial charge < -0.3 is 4.90 Å². The predicted molar refractivity (Wildman–Crippen MR) is 107 cm³/mol. The van der Waals surface area contributed by atoms with Gasteiger partial charge in [-0.1, -0.05) is 37.3 Å². The highest BCUT2D eigenvalue weighted by Gasteiger charge is 2.28. The molecule has 0 N–H and O–H groups in total. The monoisotopic (exact) mass is 380 g/mol. The summed E-state index contributed by atoms with van der Waals surface area (Å²) in [5.41, 5.74) is 2.26. The largest absolute Gasteiger partial charge is 0.369 e. The first-order valence-electron chi connectivity index (χ1n) is 9.79. The van der Waals surface area contributed by atoms with E-state index in [1.165, 1.54) is 17.7 Å².